The first-order valence-corrected chi connectivity index (χ1v) is 4.87. The maximum atomic E-state index is 11.4. The molecule has 8 nitrogen and oxygen atoms in total. The minimum absolute atomic E-state index is 0.0726. The highest BCUT2D eigenvalue weighted by Crippen LogP contribution is 2.06. The molecule has 2 fully saturated rings. The number of urea groups is 1. The van der Waals surface area contributed by atoms with Crippen molar-refractivity contribution in [1.29, 1.82) is 0 Å². The van der Waals surface area contributed by atoms with Crippen LogP contribution in [0.2, 0.25) is 0 Å². The molecule has 0 unspecified atom stereocenters. The van der Waals surface area contributed by atoms with Crippen molar-refractivity contribution in [2.75, 3.05) is 6.54 Å². The van der Waals surface area contributed by atoms with Crippen LogP contribution in [0.5, 0.6) is 0 Å². The molecule has 0 aromatic heterocycles. The smallest absolute Gasteiger partial charge is 0.315 e. The topological polar surface area (TPSA) is 108 Å². The summed E-state index contributed by atoms with van der Waals surface area (Å²) in [5.74, 6) is -2.00. The molecule has 2 aliphatic heterocycles. The average Bonchev–Trinajstić information content (AvgIpc) is 2.51. The van der Waals surface area contributed by atoms with Crippen LogP contribution in [0.3, 0.4) is 0 Å². The second-order valence-corrected chi connectivity index (χ2v) is 3.65. The Morgan fingerprint density at radius 1 is 1.06 bits per heavy atom. The fourth-order valence-electron chi connectivity index (χ4n) is 1.31. The van der Waals surface area contributed by atoms with E-state index in [0.29, 0.717) is 0 Å². The van der Waals surface area contributed by atoms with Crippen molar-refractivity contribution in [1.82, 2.24) is 20.9 Å². The summed E-state index contributed by atoms with van der Waals surface area (Å²) in [4.78, 5) is 45.7. The Labute approximate surface area is 100 Å². The number of carbonyl (C=O) groups excluding carboxylic acids is 4. The Morgan fingerprint density at radius 3 is 2.12 bits per heavy atom. The lowest BCUT2D eigenvalue weighted by Crippen LogP contribution is -2.51. The molecular formula is C8H6N4O4S. The highest BCUT2D eigenvalue weighted by Gasteiger charge is 2.30. The van der Waals surface area contributed by atoms with Crippen molar-refractivity contribution < 1.29 is 19.2 Å². The quantitative estimate of drug-likeness (QED) is 0.282. The van der Waals surface area contributed by atoms with Gasteiger partial charge in [0.2, 0.25) is 5.91 Å². The average molecular weight is 254 g/mol. The van der Waals surface area contributed by atoms with Crippen molar-refractivity contribution >= 4 is 41.1 Å². The van der Waals surface area contributed by atoms with Gasteiger partial charge in [-0.25, -0.2) is 4.79 Å². The number of hydrogen-bond donors (Lipinski definition) is 3. The summed E-state index contributed by atoms with van der Waals surface area (Å²) in [6.45, 7) is -0.0726. The zero-order valence-electron chi connectivity index (χ0n) is 8.27. The number of thiocarbonyl (C=S) groups is 1. The summed E-state index contributed by atoms with van der Waals surface area (Å²) in [5.41, 5.74) is -0.288. The Balaban J connectivity index is 2.24. The maximum Gasteiger partial charge on any atom is 0.328 e. The van der Waals surface area contributed by atoms with Crippen LogP contribution in [0.1, 0.15) is 0 Å². The molecule has 0 aromatic carbocycles. The summed E-state index contributed by atoms with van der Waals surface area (Å²) in [6, 6.07) is -0.879. The molecule has 0 saturated carbocycles. The zero-order chi connectivity index (χ0) is 12.6. The van der Waals surface area contributed by atoms with Gasteiger partial charge in [-0.3, -0.25) is 25.0 Å². The highest BCUT2D eigenvalue weighted by atomic mass is 32.1. The first-order valence-electron chi connectivity index (χ1n) is 4.46. The van der Waals surface area contributed by atoms with Gasteiger partial charge in [0, 0.05) is 6.20 Å². The lowest BCUT2D eigenvalue weighted by molar-refractivity contribution is -0.124. The maximum absolute atomic E-state index is 11.4. The van der Waals surface area contributed by atoms with Gasteiger partial charge < -0.3 is 10.2 Å². The van der Waals surface area contributed by atoms with Crippen LogP contribution in [-0.4, -0.2) is 40.3 Å². The molecule has 2 saturated heterocycles. The fourth-order valence-corrected chi connectivity index (χ4v) is 1.54. The van der Waals surface area contributed by atoms with Crippen LogP contribution in [0.25, 0.3) is 0 Å². The van der Waals surface area contributed by atoms with Crippen LogP contribution < -0.4 is 16.0 Å². The van der Waals surface area contributed by atoms with Gasteiger partial charge in [-0.2, -0.15) is 0 Å². The van der Waals surface area contributed by atoms with E-state index in [9.17, 15) is 19.2 Å². The summed E-state index contributed by atoms with van der Waals surface area (Å²) in [7, 11) is 0. The number of carbonyl (C=O) groups is 4. The summed E-state index contributed by atoms with van der Waals surface area (Å²) < 4.78 is 0. The van der Waals surface area contributed by atoms with Gasteiger partial charge in [-0.15, -0.1) is 0 Å². The molecule has 2 aliphatic rings. The van der Waals surface area contributed by atoms with E-state index in [1.807, 2.05) is 10.6 Å². The third kappa shape index (κ3) is 2.13. The van der Waals surface area contributed by atoms with Gasteiger partial charge in [-0.05, 0) is 12.2 Å². The Bertz CT molecular complexity index is 476. The molecule has 2 heterocycles. The number of hydrogen-bond acceptors (Lipinski definition) is 5. The molecule has 3 N–H and O–H groups in total. The number of nitrogens with zero attached hydrogens (tertiary/aromatic N) is 1. The van der Waals surface area contributed by atoms with Crippen LogP contribution in [-0.2, 0) is 14.4 Å². The zero-order valence-corrected chi connectivity index (χ0v) is 9.09. The van der Waals surface area contributed by atoms with Crippen molar-refractivity contribution in [3.05, 3.63) is 11.8 Å². The summed E-state index contributed by atoms with van der Waals surface area (Å²) >= 11 is 4.81. The predicted octanol–water partition coefficient (Wildman–Crippen LogP) is -2.05. The summed E-state index contributed by atoms with van der Waals surface area (Å²) in [5, 5.41) is 6.25. The molecule has 0 atom stereocenters. The molecule has 88 valence electrons. The summed E-state index contributed by atoms with van der Waals surface area (Å²) in [6.07, 6.45) is 1.12. The van der Waals surface area contributed by atoms with Crippen molar-refractivity contribution in [3.63, 3.8) is 0 Å². The molecule has 0 bridgehead atoms. The second-order valence-electron chi connectivity index (χ2n) is 3.26. The van der Waals surface area contributed by atoms with Crippen molar-refractivity contribution in [2.24, 2.45) is 0 Å². The number of barbiturate groups is 1. The molecule has 0 aliphatic carbocycles. The van der Waals surface area contributed by atoms with Crippen LogP contribution in [0.15, 0.2) is 11.8 Å². The van der Waals surface area contributed by atoms with Crippen molar-refractivity contribution in [3.8, 4) is 0 Å². The van der Waals surface area contributed by atoms with E-state index in [1.165, 1.54) is 4.90 Å². The number of nitrogens with one attached hydrogen (secondary N) is 3. The first kappa shape index (κ1) is 11.2. The van der Waals surface area contributed by atoms with E-state index >= 15 is 0 Å². The molecular weight excluding hydrogens is 248 g/mol. The Kier molecular flexibility index (Phi) is 2.60. The normalized spacial score (nSPS) is 20.1. The lowest BCUT2D eigenvalue weighted by Gasteiger charge is -2.16. The van der Waals surface area contributed by atoms with Gasteiger partial charge in [0.15, 0.2) is 5.11 Å². The molecule has 0 radical (unpaired) electrons. The molecule has 2 rings (SSSR count). The van der Waals surface area contributed by atoms with E-state index in [2.05, 4.69) is 5.32 Å². The molecule has 0 aromatic rings. The van der Waals surface area contributed by atoms with E-state index in [4.69, 9.17) is 12.2 Å². The van der Waals surface area contributed by atoms with Gasteiger partial charge >= 0.3 is 6.03 Å². The molecule has 0 spiro atoms. The SMILES string of the molecule is O=C1CN(C=C2C(=O)NC(=O)NC2=O)C(=S)N1. The molecule has 5 amide bonds. The van der Waals surface area contributed by atoms with Gasteiger partial charge in [0.05, 0.1) is 0 Å². The van der Waals surface area contributed by atoms with E-state index in [1.54, 1.807) is 0 Å². The Hall–Kier alpha value is -2.29. The minimum atomic E-state index is -0.879. The number of amides is 5. The largest absolute Gasteiger partial charge is 0.328 e. The standard InChI is InChI=1S/C8H6N4O4S/c13-4-2-12(8(17)9-4)1-3-5(14)10-7(16)11-6(3)15/h1H,2H2,(H,9,13,17)(H2,10,11,14,15,16). The van der Waals surface area contributed by atoms with E-state index < -0.39 is 17.8 Å². The third-order valence-electron chi connectivity index (χ3n) is 2.05. The van der Waals surface area contributed by atoms with Gasteiger partial charge in [0.25, 0.3) is 11.8 Å². The fraction of sp³-hybridized carbons (Fsp3) is 0.125. The van der Waals surface area contributed by atoms with Crippen LogP contribution >= 0.6 is 12.2 Å². The first-order chi connectivity index (χ1) is 7.97. The van der Waals surface area contributed by atoms with E-state index in [0.717, 1.165) is 6.20 Å². The number of imide groups is 2. The van der Waals surface area contributed by atoms with Gasteiger partial charge in [0.1, 0.15) is 12.1 Å². The Morgan fingerprint density at radius 2 is 1.65 bits per heavy atom. The lowest BCUT2D eigenvalue weighted by atomic mass is 10.2. The van der Waals surface area contributed by atoms with Crippen molar-refractivity contribution in [2.45, 2.75) is 0 Å². The second kappa shape index (κ2) is 3.94. The third-order valence-corrected chi connectivity index (χ3v) is 2.39. The predicted molar refractivity (Wildman–Crippen MR) is 57.2 cm³/mol. The van der Waals surface area contributed by atoms with E-state index in [-0.39, 0.29) is 23.1 Å². The number of rotatable bonds is 1. The highest BCUT2D eigenvalue weighted by molar-refractivity contribution is 7.80. The van der Waals surface area contributed by atoms with Gasteiger partial charge in [-0.1, -0.05) is 0 Å². The van der Waals surface area contributed by atoms with Crippen LogP contribution in [0.4, 0.5) is 4.79 Å². The molecule has 9 heteroatoms. The minimum Gasteiger partial charge on any atom is -0.315 e. The monoisotopic (exact) mass is 254 g/mol. The van der Waals surface area contributed by atoms with Crippen LogP contribution in [0, 0.1) is 0 Å². The molecule has 17 heavy (non-hydrogen) atoms.